The summed E-state index contributed by atoms with van der Waals surface area (Å²) in [6.45, 7) is 1.51. The van der Waals surface area contributed by atoms with Gasteiger partial charge in [0.2, 0.25) is 0 Å². The van der Waals surface area contributed by atoms with E-state index >= 15 is 0 Å². The lowest BCUT2D eigenvalue weighted by Gasteiger charge is -2.05. The number of benzene rings is 2. The average Bonchev–Trinajstić information content (AvgIpc) is 2.46. The van der Waals surface area contributed by atoms with E-state index in [1.165, 1.54) is 6.92 Å². The molecule has 2 rings (SSSR count). The molecule has 0 saturated heterocycles. The monoisotopic (exact) mass is 254 g/mol. The highest BCUT2D eigenvalue weighted by Gasteiger charge is 2.08. The molecule has 19 heavy (non-hydrogen) atoms. The topological polar surface area (TPSA) is 43.4 Å². The van der Waals surface area contributed by atoms with Gasteiger partial charge >= 0.3 is 0 Å². The molecule has 3 nitrogen and oxygen atoms in total. The fourth-order valence-corrected chi connectivity index (χ4v) is 1.64. The zero-order valence-electron chi connectivity index (χ0n) is 10.6. The zero-order chi connectivity index (χ0) is 13.7. The molecule has 0 fully saturated rings. The van der Waals surface area contributed by atoms with Gasteiger partial charge in [0.05, 0.1) is 0 Å². The maximum atomic E-state index is 12.1. The Kier molecular flexibility index (Phi) is 4.08. The van der Waals surface area contributed by atoms with Crippen LogP contribution in [0.4, 0.5) is 0 Å². The zero-order valence-corrected chi connectivity index (χ0v) is 10.6. The van der Waals surface area contributed by atoms with Crippen molar-refractivity contribution in [2.24, 2.45) is 0 Å². The molecule has 0 heterocycles. The Bertz CT molecular complexity index is 571. The van der Waals surface area contributed by atoms with Gasteiger partial charge < -0.3 is 4.74 Å². The number of hydrogen-bond donors (Lipinski definition) is 0. The fourth-order valence-electron chi connectivity index (χ4n) is 1.64. The first kappa shape index (κ1) is 13.0. The lowest BCUT2D eigenvalue weighted by molar-refractivity contribution is -0.118. The van der Waals surface area contributed by atoms with Gasteiger partial charge in [0, 0.05) is 11.1 Å². The lowest BCUT2D eigenvalue weighted by atomic mass is 10.0. The van der Waals surface area contributed by atoms with E-state index in [0.29, 0.717) is 16.9 Å². The van der Waals surface area contributed by atoms with Gasteiger partial charge in [0.15, 0.2) is 11.6 Å². The van der Waals surface area contributed by atoms with Crippen molar-refractivity contribution in [1.29, 1.82) is 0 Å². The maximum absolute atomic E-state index is 12.1. The van der Waals surface area contributed by atoms with Gasteiger partial charge in [0.1, 0.15) is 12.4 Å². The SMILES string of the molecule is CC(=O)COc1ccc(C(=O)c2ccccc2)cc1. The van der Waals surface area contributed by atoms with Crippen molar-refractivity contribution in [3.63, 3.8) is 0 Å². The number of Topliss-reactive ketones (excluding diaryl/α,β-unsaturated/α-hetero) is 1. The van der Waals surface area contributed by atoms with E-state index in [1.807, 2.05) is 18.2 Å². The standard InChI is InChI=1S/C16H14O3/c1-12(17)11-19-15-9-7-14(8-10-15)16(18)13-5-3-2-4-6-13/h2-10H,11H2,1H3. The summed E-state index contributed by atoms with van der Waals surface area (Å²) < 4.78 is 5.25. The molecule has 0 aromatic heterocycles. The predicted molar refractivity (Wildman–Crippen MR) is 72.5 cm³/mol. The molecule has 0 aliphatic heterocycles. The van der Waals surface area contributed by atoms with Crippen LogP contribution in [0.3, 0.4) is 0 Å². The summed E-state index contributed by atoms with van der Waals surface area (Å²) in [5.74, 6) is 0.517. The summed E-state index contributed by atoms with van der Waals surface area (Å²) in [6.07, 6.45) is 0. The summed E-state index contributed by atoms with van der Waals surface area (Å²) in [4.78, 5) is 22.9. The van der Waals surface area contributed by atoms with E-state index in [1.54, 1.807) is 36.4 Å². The van der Waals surface area contributed by atoms with Gasteiger partial charge in [-0.05, 0) is 31.2 Å². The highest BCUT2D eigenvalue weighted by molar-refractivity contribution is 6.08. The van der Waals surface area contributed by atoms with Crippen molar-refractivity contribution in [3.05, 3.63) is 65.7 Å². The molecule has 3 heteroatoms. The Morgan fingerprint density at radius 3 is 2.05 bits per heavy atom. The minimum absolute atomic E-state index is 0.0290. The molecule has 0 spiro atoms. The summed E-state index contributed by atoms with van der Waals surface area (Å²) in [5.41, 5.74) is 1.25. The van der Waals surface area contributed by atoms with Crippen molar-refractivity contribution >= 4 is 11.6 Å². The van der Waals surface area contributed by atoms with Crippen molar-refractivity contribution in [3.8, 4) is 5.75 Å². The molecule has 0 amide bonds. The molecule has 0 radical (unpaired) electrons. The third-order valence-electron chi connectivity index (χ3n) is 2.59. The Labute approximate surface area is 111 Å². The van der Waals surface area contributed by atoms with E-state index in [0.717, 1.165) is 0 Å². The van der Waals surface area contributed by atoms with Crippen LogP contribution in [0, 0.1) is 0 Å². The number of carbonyl (C=O) groups is 2. The molecule has 0 aliphatic rings. The Hall–Kier alpha value is -2.42. The minimum atomic E-state index is -0.0376. The molecule has 0 unspecified atom stereocenters. The number of rotatable bonds is 5. The molecular weight excluding hydrogens is 240 g/mol. The van der Waals surface area contributed by atoms with Crippen molar-refractivity contribution in [2.45, 2.75) is 6.92 Å². The second-order valence-electron chi connectivity index (χ2n) is 4.21. The van der Waals surface area contributed by atoms with Crippen molar-refractivity contribution < 1.29 is 14.3 Å². The van der Waals surface area contributed by atoms with Crippen LogP contribution in [0.1, 0.15) is 22.8 Å². The Morgan fingerprint density at radius 1 is 0.895 bits per heavy atom. The lowest BCUT2D eigenvalue weighted by Crippen LogP contribution is -2.07. The van der Waals surface area contributed by atoms with Gasteiger partial charge in [0.25, 0.3) is 0 Å². The molecular formula is C16H14O3. The summed E-state index contributed by atoms with van der Waals surface area (Å²) >= 11 is 0. The van der Waals surface area contributed by atoms with Crippen LogP contribution >= 0.6 is 0 Å². The third kappa shape index (κ3) is 3.52. The first-order valence-electron chi connectivity index (χ1n) is 5.99. The number of ketones is 2. The van der Waals surface area contributed by atoms with Crippen LogP contribution in [-0.2, 0) is 4.79 Å². The Balaban J connectivity index is 2.10. The fraction of sp³-hybridized carbons (Fsp3) is 0.125. The maximum Gasteiger partial charge on any atom is 0.193 e. The van der Waals surface area contributed by atoms with Crippen LogP contribution in [0.15, 0.2) is 54.6 Å². The number of carbonyl (C=O) groups excluding carboxylic acids is 2. The number of ether oxygens (including phenoxy) is 1. The number of hydrogen-bond acceptors (Lipinski definition) is 3. The third-order valence-corrected chi connectivity index (χ3v) is 2.59. The van der Waals surface area contributed by atoms with Gasteiger partial charge in [-0.3, -0.25) is 9.59 Å². The molecule has 0 N–H and O–H groups in total. The highest BCUT2D eigenvalue weighted by Crippen LogP contribution is 2.15. The van der Waals surface area contributed by atoms with Crippen LogP contribution in [0.5, 0.6) is 5.75 Å². The van der Waals surface area contributed by atoms with E-state index < -0.39 is 0 Å². The summed E-state index contributed by atoms with van der Waals surface area (Å²) in [6, 6.07) is 15.9. The van der Waals surface area contributed by atoms with E-state index in [-0.39, 0.29) is 18.2 Å². The van der Waals surface area contributed by atoms with Crippen LogP contribution in [0.25, 0.3) is 0 Å². The predicted octanol–water partition coefficient (Wildman–Crippen LogP) is 2.89. The van der Waals surface area contributed by atoms with Crippen LogP contribution < -0.4 is 4.74 Å². The first-order chi connectivity index (χ1) is 9.16. The van der Waals surface area contributed by atoms with Crippen molar-refractivity contribution in [1.82, 2.24) is 0 Å². The van der Waals surface area contributed by atoms with E-state index in [4.69, 9.17) is 4.74 Å². The Morgan fingerprint density at radius 2 is 1.47 bits per heavy atom. The van der Waals surface area contributed by atoms with E-state index in [2.05, 4.69) is 0 Å². The van der Waals surface area contributed by atoms with Crippen LogP contribution in [0.2, 0.25) is 0 Å². The molecule has 0 atom stereocenters. The minimum Gasteiger partial charge on any atom is -0.486 e. The summed E-state index contributed by atoms with van der Waals surface area (Å²) in [7, 11) is 0. The molecule has 96 valence electrons. The molecule has 0 bridgehead atoms. The van der Waals surface area contributed by atoms with Crippen molar-refractivity contribution in [2.75, 3.05) is 6.61 Å². The quantitative estimate of drug-likeness (QED) is 0.770. The normalized spacial score (nSPS) is 9.95. The van der Waals surface area contributed by atoms with Gasteiger partial charge in [-0.15, -0.1) is 0 Å². The molecule has 2 aromatic carbocycles. The highest BCUT2D eigenvalue weighted by atomic mass is 16.5. The van der Waals surface area contributed by atoms with Crippen LogP contribution in [-0.4, -0.2) is 18.2 Å². The van der Waals surface area contributed by atoms with Gasteiger partial charge in [-0.1, -0.05) is 30.3 Å². The van der Waals surface area contributed by atoms with E-state index in [9.17, 15) is 9.59 Å². The summed E-state index contributed by atoms with van der Waals surface area (Å²) in [5, 5.41) is 0. The smallest absolute Gasteiger partial charge is 0.193 e. The second-order valence-corrected chi connectivity index (χ2v) is 4.21. The molecule has 0 aliphatic carbocycles. The molecule has 0 saturated carbocycles. The first-order valence-corrected chi connectivity index (χ1v) is 5.99. The van der Waals surface area contributed by atoms with Gasteiger partial charge in [-0.25, -0.2) is 0 Å². The largest absolute Gasteiger partial charge is 0.486 e. The second kappa shape index (κ2) is 5.96. The average molecular weight is 254 g/mol. The van der Waals surface area contributed by atoms with Gasteiger partial charge in [-0.2, -0.15) is 0 Å². The molecule has 2 aromatic rings.